The van der Waals surface area contributed by atoms with Crippen LogP contribution in [0.3, 0.4) is 0 Å². The Morgan fingerprint density at radius 2 is 1.66 bits per heavy atom. The molecule has 332 valence electrons. The third-order valence-corrected chi connectivity index (χ3v) is 13.5. The number of ether oxygens (including phenoxy) is 1. The average molecular weight is 889 g/mol. The number of allylic oxidation sites excluding steroid dienone is 4. The molecule has 2 aromatic carbocycles. The lowest BCUT2D eigenvalue weighted by molar-refractivity contribution is -0.438. The number of unbranched alkanes of at least 4 members (excludes halogenated alkanes) is 2. The van der Waals surface area contributed by atoms with Gasteiger partial charge in [-0.15, -0.1) is 0 Å². The third kappa shape index (κ3) is 9.65. The molecule has 0 atom stereocenters. The molecule has 4 aromatic rings. The van der Waals surface area contributed by atoms with Crippen LogP contribution in [0, 0.1) is 0 Å². The third-order valence-electron chi connectivity index (χ3n) is 11.8. The number of aromatic nitrogens is 2. The summed E-state index contributed by atoms with van der Waals surface area (Å²) in [7, 11) is -7.53. The van der Waals surface area contributed by atoms with E-state index >= 15 is 0 Å². The standard InChI is InChI=1S/C45H56N6O9S2/c1-8-50-36-18-16-32(61(54,55)56)27-34(36)44(3,4)39(50)13-12-14-40-45(5,6)35-28-33(62(57,58)59)17-19-37(35)51(40)25-11-9-10-15-41(53)47-24-26-49-29-31(22-23-46-30(2)52)43-38(49)20-21-42(48-43)60-7/h12-14,16-21,27-29H,8-11,15,22-26H2,1-7H3,(H3-,46,47,52,53,54,55,56,57,58,59). The van der Waals surface area contributed by atoms with E-state index in [1.165, 1.54) is 31.2 Å². The molecule has 0 aliphatic carbocycles. The van der Waals surface area contributed by atoms with E-state index < -0.39 is 31.1 Å². The van der Waals surface area contributed by atoms with E-state index in [-0.39, 0.29) is 21.6 Å². The van der Waals surface area contributed by atoms with Gasteiger partial charge in [-0.25, -0.2) is 13.4 Å². The van der Waals surface area contributed by atoms with Gasteiger partial charge in [0.05, 0.1) is 33.3 Å². The second-order valence-electron chi connectivity index (χ2n) is 16.7. The van der Waals surface area contributed by atoms with E-state index in [2.05, 4.69) is 25.1 Å². The zero-order valence-electron chi connectivity index (χ0n) is 36.3. The lowest BCUT2D eigenvalue weighted by Gasteiger charge is -2.25. The number of rotatable bonds is 18. The number of anilines is 1. The van der Waals surface area contributed by atoms with Crippen LogP contribution in [0.5, 0.6) is 5.88 Å². The highest BCUT2D eigenvalue weighted by molar-refractivity contribution is 7.86. The lowest BCUT2D eigenvalue weighted by Crippen LogP contribution is -2.28. The Bertz CT molecular complexity index is 2720. The molecular formula is C45H56N6O9S2. The van der Waals surface area contributed by atoms with Crippen LogP contribution >= 0.6 is 0 Å². The van der Waals surface area contributed by atoms with Crippen molar-refractivity contribution in [1.29, 1.82) is 0 Å². The minimum absolute atomic E-state index is 0.0540. The molecule has 0 unspecified atom stereocenters. The Hall–Kier alpha value is -5.36. The smallest absolute Gasteiger partial charge is 0.294 e. The topological polar surface area (TPSA) is 203 Å². The molecule has 4 heterocycles. The fourth-order valence-electron chi connectivity index (χ4n) is 8.65. The van der Waals surface area contributed by atoms with Crippen molar-refractivity contribution in [3.8, 4) is 5.88 Å². The summed E-state index contributed by atoms with van der Waals surface area (Å²) in [5.74, 6) is 0.341. The number of hydrogen-bond donors (Lipinski definition) is 3. The van der Waals surface area contributed by atoms with E-state index in [4.69, 9.17) is 4.74 Å². The van der Waals surface area contributed by atoms with E-state index in [0.717, 1.165) is 57.8 Å². The molecule has 17 heteroatoms. The van der Waals surface area contributed by atoms with Crippen LogP contribution < -0.4 is 20.3 Å². The van der Waals surface area contributed by atoms with Gasteiger partial charge in [-0.3, -0.25) is 14.1 Å². The maximum absolute atomic E-state index is 12.9. The molecule has 2 aromatic heterocycles. The van der Waals surface area contributed by atoms with Crippen molar-refractivity contribution in [2.24, 2.45) is 0 Å². The van der Waals surface area contributed by atoms with Crippen molar-refractivity contribution in [1.82, 2.24) is 20.2 Å². The fraction of sp³-hybridized carbons (Fsp3) is 0.422. The monoisotopic (exact) mass is 888 g/mol. The van der Waals surface area contributed by atoms with Crippen LogP contribution in [-0.2, 0) is 53.6 Å². The number of nitrogens with zero attached hydrogens (tertiary/aromatic N) is 4. The van der Waals surface area contributed by atoms with Gasteiger partial charge < -0.3 is 29.4 Å². The second-order valence-corrected chi connectivity index (χ2v) is 19.5. The normalized spacial score (nSPS) is 16.3. The maximum Gasteiger partial charge on any atom is 0.294 e. The Labute approximate surface area is 364 Å². The lowest BCUT2D eigenvalue weighted by atomic mass is 9.81. The Kier molecular flexibility index (Phi) is 13.5. The largest absolute Gasteiger partial charge is 0.744 e. The van der Waals surface area contributed by atoms with Crippen LogP contribution in [0.15, 0.2) is 88.4 Å². The molecule has 0 fully saturated rings. The van der Waals surface area contributed by atoms with Crippen LogP contribution in [0.4, 0.5) is 11.4 Å². The van der Waals surface area contributed by atoms with Crippen LogP contribution in [-0.4, -0.2) is 90.9 Å². The van der Waals surface area contributed by atoms with Gasteiger partial charge in [0.1, 0.15) is 16.7 Å². The number of benzene rings is 2. The maximum atomic E-state index is 12.9. The van der Waals surface area contributed by atoms with Gasteiger partial charge in [0.25, 0.3) is 10.1 Å². The number of amides is 2. The summed E-state index contributed by atoms with van der Waals surface area (Å²) in [5.41, 5.74) is 6.38. The summed E-state index contributed by atoms with van der Waals surface area (Å²) in [4.78, 5) is 30.6. The van der Waals surface area contributed by atoms with Gasteiger partial charge in [0.15, 0.2) is 5.71 Å². The molecule has 6 rings (SSSR count). The summed E-state index contributed by atoms with van der Waals surface area (Å²) in [6.45, 7) is 14.1. The highest BCUT2D eigenvalue weighted by atomic mass is 32.2. The molecule has 3 N–H and O–H groups in total. The summed E-state index contributed by atoms with van der Waals surface area (Å²) in [6.07, 6.45) is 11.0. The molecule has 0 radical (unpaired) electrons. The molecule has 15 nitrogen and oxygen atoms in total. The van der Waals surface area contributed by atoms with Crippen LogP contribution in [0.25, 0.3) is 11.0 Å². The summed E-state index contributed by atoms with van der Waals surface area (Å²) in [6, 6.07) is 12.9. The van der Waals surface area contributed by atoms with E-state index in [1.807, 2.05) is 69.7 Å². The number of carbonyl (C=O) groups excluding carboxylic acids is 2. The Balaban J connectivity index is 1.13. The number of methoxy groups -OCH3 is 1. The van der Waals surface area contributed by atoms with Gasteiger partial charge >= 0.3 is 0 Å². The minimum atomic E-state index is -4.69. The number of nitrogens with one attached hydrogen (secondary N) is 2. The molecule has 2 aliphatic heterocycles. The van der Waals surface area contributed by atoms with Crippen molar-refractivity contribution in [3.63, 3.8) is 0 Å². The SMILES string of the molecule is CCN1C(=CC=CC2=[N+](CCCCCC(=O)NCCn3cc(CCNC(C)=O)c4nc(OC)ccc43)c3ccc(S(=O)(=O)[O-])cc3C2(C)C)C(C)(C)c2cc(S(=O)(=O)O)ccc21. The van der Waals surface area contributed by atoms with Crippen molar-refractivity contribution >= 4 is 60.2 Å². The number of carbonyl (C=O) groups is 2. The molecule has 0 saturated heterocycles. The van der Waals surface area contributed by atoms with E-state index in [9.17, 15) is 35.5 Å². The van der Waals surface area contributed by atoms with Gasteiger partial charge in [0, 0.05) is 92.7 Å². The van der Waals surface area contributed by atoms with Crippen molar-refractivity contribution in [2.45, 2.75) is 101 Å². The predicted octanol–water partition coefficient (Wildman–Crippen LogP) is 5.89. The quantitative estimate of drug-likeness (QED) is 0.0611. The molecule has 2 aliphatic rings. The molecule has 0 bridgehead atoms. The van der Waals surface area contributed by atoms with E-state index in [0.29, 0.717) is 63.4 Å². The number of hydrogen-bond acceptors (Lipinski definition) is 10. The van der Waals surface area contributed by atoms with E-state index in [1.54, 1.807) is 25.3 Å². The average Bonchev–Trinajstić information content (AvgIpc) is 3.74. The molecule has 62 heavy (non-hydrogen) atoms. The summed E-state index contributed by atoms with van der Waals surface area (Å²) < 4.78 is 79.5. The predicted molar refractivity (Wildman–Crippen MR) is 237 cm³/mol. The molecule has 2 amide bonds. The second kappa shape index (κ2) is 18.2. The van der Waals surface area contributed by atoms with Gasteiger partial charge in [-0.05, 0) is 93.6 Å². The van der Waals surface area contributed by atoms with Gasteiger partial charge in [0.2, 0.25) is 23.4 Å². The first kappa shape index (κ1) is 46.2. The van der Waals surface area contributed by atoms with Crippen molar-refractivity contribution in [3.05, 3.63) is 95.3 Å². The first-order chi connectivity index (χ1) is 29.2. The van der Waals surface area contributed by atoms with Crippen LogP contribution in [0.1, 0.15) is 83.9 Å². The van der Waals surface area contributed by atoms with Crippen molar-refractivity contribution < 1.29 is 44.8 Å². The Morgan fingerprint density at radius 1 is 0.935 bits per heavy atom. The first-order valence-corrected chi connectivity index (χ1v) is 23.6. The molecular weight excluding hydrogens is 833 g/mol. The zero-order valence-corrected chi connectivity index (χ0v) is 38.0. The fourth-order valence-corrected chi connectivity index (χ4v) is 9.65. The minimum Gasteiger partial charge on any atom is -0.744 e. The Morgan fingerprint density at radius 3 is 2.34 bits per heavy atom. The van der Waals surface area contributed by atoms with Crippen LogP contribution in [0.2, 0.25) is 0 Å². The number of pyridine rings is 1. The zero-order chi connectivity index (χ0) is 45.2. The van der Waals surface area contributed by atoms with Gasteiger partial charge in [-0.1, -0.05) is 19.9 Å². The summed E-state index contributed by atoms with van der Waals surface area (Å²) >= 11 is 0. The van der Waals surface area contributed by atoms with Crippen molar-refractivity contribution in [2.75, 3.05) is 38.2 Å². The highest BCUT2D eigenvalue weighted by Gasteiger charge is 2.45. The molecule has 0 spiro atoms. The number of fused-ring (bicyclic) bond motifs is 3. The summed E-state index contributed by atoms with van der Waals surface area (Å²) in [5, 5.41) is 5.86. The first-order valence-electron chi connectivity index (χ1n) is 20.8. The molecule has 0 saturated carbocycles. The number of likely N-dealkylation sites (N-methyl/N-ethyl adjacent to an activating group) is 1. The highest BCUT2D eigenvalue weighted by Crippen LogP contribution is 2.48. The van der Waals surface area contributed by atoms with Gasteiger partial charge in [-0.2, -0.15) is 13.0 Å².